The Morgan fingerprint density at radius 1 is 1.29 bits per heavy atom. The Hall–Kier alpha value is -1.22. The van der Waals surface area contributed by atoms with Crippen LogP contribution in [-0.4, -0.2) is 9.78 Å². The van der Waals surface area contributed by atoms with E-state index in [1.54, 1.807) is 0 Å². The van der Waals surface area contributed by atoms with E-state index >= 15 is 0 Å². The zero-order valence-electron chi connectivity index (χ0n) is 8.01. The second-order valence-electron chi connectivity index (χ2n) is 3.17. The lowest BCUT2D eigenvalue weighted by molar-refractivity contribution is 0.762. The number of hydrogen-bond acceptors (Lipinski definition) is 2. The predicted octanol–water partition coefficient (Wildman–Crippen LogP) is 2.52. The van der Waals surface area contributed by atoms with Gasteiger partial charge in [0.25, 0.3) is 0 Å². The highest BCUT2D eigenvalue weighted by Crippen LogP contribution is 2.19. The Morgan fingerprint density at radius 3 is 2.57 bits per heavy atom. The van der Waals surface area contributed by atoms with Gasteiger partial charge in [0.1, 0.15) is 0 Å². The number of nitrogens with zero attached hydrogens (tertiary/aromatic N) is 2. The molecule has 0 bridgehead atoms. The van der Waals surface area contributed by atoms with E-state index in [4.69, 9.17) is 0 Å². The molecular formula is C11H12N2S. The van der Waals surface area contributed by atoms with Crippen molar-refractivity contribution in [2.75, 3.05) is 0 Å². The number of aromatic nitrogens is 2. The molecular weight excluding hydrogens is 192 g/mol. The van der Waals surface area contributed by atoms with Crippen molar-refractivity contribution in [1.29, 1.82) is 0 Å². The smallest absolute Gasteiger partial charge is 0.0727 e. The van der Waals surface area contributed by atoms with Crippen molar-refractivity contribution < 1.29 is 0 Å². The van der Waals surface area contributed by atoms with Gasteiger partial charge in [-0.2, -0.15) is 17.7 Å². The zero-order valence-corrected chi connectivity index (χ0v) is 8.91. The fourth-order valence-corrected chi connectivity index (χ4v) is 1.64. The minimum Gasteiger partial charge on any atom is -0.268 e. The number of benzene rings is 1. The Labute approximate surface area is 89.0 Å². The van der Waals surface area contributed by atoms with Crippen molar-refractivity contribution in [3.05, 3.63) is 42.1 Å². The monoisotopic (exact) mass is 204 g/mol. The van der Waals surface area contributed by atoms with Gasteiger partial charge in [-0.05, 0) is 11.6 Å². The molecule has 72 valence electrons. The first-order valence-electron chi connectivity index (χ1n) is 4.50. The third kappa shape index (κ3) is 1.68. The van der Waals surface area contributed by atoms with Gasteiger partial charge in [0.05, 0.1) is 11.4 Å². The van der Waals surface area contributed by atoms with Crippen LogP contribution >= 0.6 is 12.6 Å². The summed E-state index contributed by atoms with van der Waals surface area (Å²) in [5, 5.41) is 4.35. The summed E-state index contributed by atoms with van der Waals surface area (Å²) in [6.45, 7) is 0. The molecule has 2 nitrogen and oxygen atoms in total. The molecule has 0 aliphatic carbocycles. The van der Waals surface area contributed by atoms with Crippen molar-refractivity contribution in [3.63, 3.8) is 0 Å². The van der Waals surface area contributed by atoms with Gasteiger partial charge in [0.2, 0.25) is 0 Å². The molecule has 0 spiro atoms. The van der Waals surface area contributed by atoms with Gasteiger partial charge >= 0.3 is 0 Å². The average molecular weight is 204 g/mol. The van der Waals surface area contributed by atoms with Gasteiger partial charge in [-0.25, -0.2) is 0 Å². The van der Waals surface area contributed by atoms with Crippen LogP contribution in [0.15, 0.2) is 36.4 Å². The lowest BCUT2D eigenvalue weighted by atomic mass is 10.1. The Balaban J connectivity index is 2.46. The molecule has 2 rings (SSSR count). The van der Waals surface area contributed by atoms with Gasteiger partial charge in [0, 0.05) is 12.8 Å². The Kier molecular flexibility index (Phi) is 2.59. The highest BCUT2D eigenvalue weighted by Gasteiger charge is 2.04. The molecule has 1 aromatic carbocycles. The lowest BCUT2D eigenvalue weighted by Crippen LogP contribution is -1.93. The van der Waals surface area contributed by atoms with E-state index in [0.29, 0.717) is 5.75 Å². The molecule has 0 atom stereocenters. The Morgan fingerprint density at radius 2 is 2.00 bits per heavy atom. The average Bonchev–Trinajstić information content (AvgIpc) is 2.61. The molecule has 0 N–H and O–H groups in total. The van der Waals surface area contributed by atoms with E-state index in [1.807, 2.05) is 29.9 Å². The molecule has 1 heterocycles. The van der Waals surface area contributed by atoms with Crippen LogP contribution in [0, 0.1) is 0 Å². The van der Waals surface area contributed by atoms with Crippen LogP contribution < -0.4 is 0 Å². The van der Waals surface area contributed by atoms with Gasteiger partial charge < -0.3 is 0 Å². The fraction of sp³-hybridized carbons (Fsp3) is 0.182. The Bertz CT molecular complexity index is 420. The third-order valence-corrected chi connectivity index (χ3v) is 2.49. The van der Waals surface area contributed by atoms with Gasteiger partial charge in [-0.1, -0.05) is 30.3 Å². The summed E-state index contributed by atoms with van der Waals surface area (Å²) in [5.41, 5.74) is 3.33. The van der Waals surface area contributed by atoms with Crippen LogP contribution in [0.5, 0.6) is 0 Å². The first kappa shape index (κ1) is 9.34. The van der Waals surface area contributed by atoms with Crippen LogP contribution in [0.4, 0.5) is 0 Å². The van der Waals surface area contributed by atoms with Crippen LogP contribution in [0.1, 0.15) is 5.69 Å². The first-order valence-corrected chi connectivity index (χ1v) is 5.13. The second-order valence-corrected chi connectivity index (χ2v) is 3.48. The van der Waals surface area contributed by atoms with Crippen molar-refractivity contribution in [2.24, 2.45) is 7.05 Å². The molecule has 0 radical (unpaired) electrons. The maximum Gasteiger partial charge on any atom is 0.0727 e. The van der Waals surface area contributed by atoms with Gasteiger partial charge in [0.15, 0.2) is 0 Å². The molecule has 0 amide bonds. The molecule has 0 unspecified atom stereocenters. The first-order chi connectivity index (χ1) is 6.81. The van der Waals surface area contributed by atoms with E-state index in [-0.39, 0.29) is 0 Å². The summed E-state index contributed by atoms with van der Waals surface area (Å²) in [4.78, 5) is 0. The largest absolute Gasteiger partial charge is 0.268 e. The van der Waals surface area contributed by atoms with E-state index in [1.165, 1.54) is 5.56 Å². The molecule has 0 saturated carbocycles. The summed E-state index contributed by atoms with van der Waals surface area (Å²) in [6, 6.07) is 12.3. The normalized spacial score (nSPS) is 10.4. The standard InChI is InChI=1S/C11H12N2S/c1-13-11(7-10(8-14)12-13)9-5-3-2-4-6-9/h2-7,14H,8H2,1H3. The van der Waals surface area contributed by atoms with Crippen molar-refractivity contribution in [3.8, 4) is 11.3 Å². The fourth-order valence-electron chi connectivity index (χ4n) is 1.48. The summed E-state index contributed by atoms with van der Waals surface area (Å²) in [6.07, 6.45) is 0. The maximum absolute atomic E-state index is 4.35. The SMILES string of the molecule is Cn1nc(CS)cc1-c1ccccc1. The topological polar surface area (TPSA) is 17.8 Å². The molecule has 0 saturated heterocycles. The summed E-state index contributed by atoms with van der Waals surface area (Å²) >= 11 is 4.21. The minimum absolute atomic E-state index is 0.681. The second kappa shape index (κ2) is 3.88. The molecule has 1 aromatic heterocycles. The lowest BCUT2D eigenvalue weighted by Gasteiger charge is -1.99. The molecule has 0 aliphatic heterocycles. The van der Waals surface area contributed by atoms with Crippen LogP contribution in [-0.2, 0) is 12.8 Å². The van der Waals surface area contributed by atoms with Crippen molar-refractivity contribution in [1.82, 2.24) is 9.78 Å². The van der Waals surface area contributed by atoms with Crippen LogP contribution in [0.25, 0.3) is 11.3 Å². The molecule has 2 aromatic rings. The number of rotatable bonds is 2. The predicted molar refractivity (Wildman–Crippen MR) is 61.3 cm³/mol. The number of thiol groups is 1. The minimum atomic E-state index is 0.681. The summed E-state index contributed by atoms with van der Waals surface area (Å²) in [5.74, 6) is 0.681. The van der Waals surface area contributed by atoms with Crippen LogP contribution in [0.2, 0.25) is 0 Å². The summed E-state index contributed by atoms with van der Waals surface area (Å²) in [7, 11) is 1.95. The quantitative estimate of drug-likeness (QED) is 0.744. The van der Waals surface area contributed by atoms with E-state index < -0.39 is 0 Å². The zero-order chi connectivity index (χ0) is 9.97. The highest BCUT2D eigenvalue weighted by molar-refractivity contribution is 7.79. The number of hydrogen-bond donors (Lipinski definition) is 1. The third-order valence-electron chi connectivity index (χ3n) is 2.16. The highest BCUT2D eigenvalue weighted by atomic mass is 32.1. The molecule has 3 heteroatoms. The van der Waals surface area contributed by atoms with Gasteiger partial charge in [-0.3, -0.25) is 4.68 Å². The number of aryl methyl sites for hydroxylation is 1. The van der Waals surface area contributed by atoms with E-state index in [9.17, 15) is 0 Å². The maximum atomic E-state index is 4.35. The molecule has 0 fully saturated rings. The van der Waals surface area contributed by atoms with Gasteiger partial charge in [-0.15, -0.1) is 0 Å². The molecule has 0 aliphatic rings. The van der Waals surface area contributed by atoms with Crippen LogP contribution in [0.3, 0.4) is 0 Å². The summed E-state index contributed by atoms with van der Waals surface area (Å²) < 4.78 is 1.89. The van der Waals surface area contributed by atoms with Crippen molar-refractivity contribution in [2.45, 2.75) is 5.75 Å². The van der Waals surface area contributed by atoms with Crippen molar-refractivity contribution >= 4 is 12.6 Å². The molecule has 14 heavy (non-hydrogen) atoms. The van der Waals surface area contributed by atoms with E-state index in [2.05, 4.69) is 35.9 Å². The van der Waals surface area contributed by atoms with E-state index in [0.717, 1.165) is 11.4 Å².